The number of hydrogen-bond donors (Lipinski definition) is 1. The molecule has 0 saturated carbocycles. The van der Waals surface area contributed by atoms with Crippen molar-refractivity contribution in [2.45, 2.75) is 0 Å². The smallest absolute Gasteiger partial charge is 0.276 e. The Bertz CT molecular complexity index is 1400. The minimum absolute atomic E-state index is 0.122. The summed E-state index contributed by atoms with van der Waals surface area (Å²) in [6, 6.07) is 16.4. The number of rotatable bonds is 5. The molecular formula is C22H14ClFN6O2. The van der Waals surface area contributed by atoms with Gasteiger partial charge in [-0.2, -0.15) is 10.2 Å². The van der Waals surface area contributed by atoms with E-state index in [4.69, 9.17) is 16.0 Å². The van der Waals surface area contributed by atoms with Crippen LogP contribution < -0.4 is 5.32 Å². The summed E-state index contributed by atoms with van der Waals surface area (Å²) in [5.74, 6) is -0.541. The Balaban J connectivity index is 1.46. The van der Waals surface area contributed by atoms with Crippen molar-refractivity contribution < 1.29 is 13.6 Å². The first-order chi connectivity index (χ1) is 15.6. The van der Waals surface area contributed by atoms with E-state index in [0.29, 0.717) is 22.2 Å². The summed E-state index contributed by atoms with van der Waals surface area (Å²) in [6.07, 6.45) is 4.22. The van der Waals surface area contributed by atoms with Crippen LogP contribution in [-0.4, -0.2) is 30.5 Å². The van der Waals surface area contributed by atoms with E-state index in [9.17, 15) is 9.18 Å². The summed E-state index contributed by atoms with van der Waals surface area (Å²) in [6.45, 7) is 0. The maximum Gasteiger partial charge on any atom is 0.276 e. The maximum atomic E-state index is 14.5. The standard InChI is InChI=1S/C22H14ClFN6O2/c23-14-3-1-4-16(9-14)30-20(21-5-2-8-32-21)11-18(28-30)22(31)27-15-6-7-19(17(24)10-15)29-13-25-12-26-29/h1-13H,(H,27,31). The molecule has 158 valence electrons. The van der Waals surface area contributed by atoms with Gasteiger partial charge >= 0.3 is 0 Å². The van der Waals surface area contributed by atoms with Crippen molar-refractivity contribution in [2.24, 2.45) is 0 Å². The Labute approximate surface area is 185 Å². The van der Waals surface area contributed by atoms with E-state index in [1.807, 2.05) is 6.07 Å². The molecule has 2 aromatic carbocycles. The van der Waals surface area contributed by atoms with Gasteiger partial charge in [-0.15, -0.1) is 0 Å². The first-order valence-electron chi connectivity index (χ1n) is 9.44. The van der Waals surface area contributed by atoms with E-state index in [1.165, 1.54) is 35.7 Å². The van der Waals surface area contributed by atoms with E-state index in [-0.39, 0.29) is 17.1 Å². The van der Waals surface area contributed by atoms with Gasteiger partial charge in [-0.05, 0) is 48.5 Å². The molecule has 5 rings (SSSR count). The maximum absolute atomic E-state index is 14.5. The number of hydrogen-bond acceptors (Lipinski definition) is 5. The Morgan fingerprint density at radius 1 is 1.09 bits per heavy atom. The first kappa shape index (κ1) is 19.7. The zero-order chi connectivity index (χ0) is 22.1. The fourth-order valence-corrected chi connectivity index (χ4v) is 3.38. The van der Waals surface area contributed by atoms with Crippen LogP contribution in [0.2, 0.25) is 5.02 Å². The lowest BCUT2D eigenvalue weighted by Crippen LogP contribution is -2.13. The van der Waals surface area contributed by atoms with Crippen LogP contribution in [0.15, 0.2) is 84.0 Å². The minimum Gasteiger partial charge on any atom is -0.463 e. The van der Waals surface area contributed by atoms with Gasteiger partial charge in [0.05, 0.1) is 12.0 Å². The van der Waals surface area contributed by atoms with Gasteiger partial charge in [-0.25, -0.2) is 18.7 Å². The van der Waals surface area contributed by atoms with Crippen LogP contribution >= 0.6 is 11.6 Å². The van der Waals surface area contributed by atoms with Gasteiger partial charge < -0.3 is 9.73 Å². The lowest BCUT2D eigenvalue weighted by atomic mass is 10.2. The van der Waals surface area contributed by atoms with Crippen molar-refractivity contribution >= 4 is 23.2 Å². The van der Waals surface area contributed by atoms with Crippen molar-refractivity contribution in [2.75, 3.05) is 5.32 Å². The fourth-order valence-electron chi connectivity index (χ4n) is 3.19. The van der Waals surface area contributed by atoms with Crippen LogP contribution in [0.1, 0.15) is 10.5 Å². The summed E-state index contributed by atoms with van der Waals surface area (Å²) < 4.78 is 22.9. The second-order valence-electron chi connectivity index (χ2n) is 6.74. The SMILES string of the molecule is O=C(Nc1ccc(-n2cncn2)c(F)c1)c1cc(-c2ccco2)n(-c2cccc(Cl)c2)n1. The third-order valence-corrected chi connectivity index (χ3v) is 4.87. The predicted molar refractivity (Wildman–Crippen MR) is 116 cm³/mol. The average Bonchev–Trinajstić information content (AvgIpc) is 3.55. The second kappa shape index (κ2) is 8.12. The number of amides is 1. The number of carbonyl (C=O) groups is 1. The van der Waals surface area contributed by atoms with Gasteiger partial charge in [0.2, 0.25) is 0 Å². The molecule has 10 heteroatoms. The van der Waals surface area contributed by atoms with Gasteiger partial charge in [-0.1, -0.05) is 17.7 Å². The molecule has 0 atom stereocenters. The Hall–Kier alpha value is -4.24. The monoisotopic (exact) mass is 448 g/mol. The van der Waals surface area contributed by atoms with Crippen LogP contribution in [0, 0.1) is 5.82 Å². The predicted octanol–water partition coefficient (Wildman–Crippen LogP) is 4.76. The number of benzene rings is 2. The minimum atomic E-state index is -0.561. The topological polar surface area (TPSA) is 90.8 Å². The lowest BCUT2D eigenvalue weighted by Gasteiger charge is -2.07. The molecule has 0 bridgehead atoms. The third-order valence-electron chi connectivity index (χ3n) is 4.64. The molecule has 8 nitrogen and oxygen atoms in total. The van der Waals surface area contributed by atoms with Gasteiger partial charge in [0.25, 0.3) is 5.91 Å². The van der Waals surface area contributed by atoms with E-state index in [0.717, 1.165) is 0 Å². The van der Waals surface area contributed by atoms with E-state index < -0.39 is 11.7 Å². The molecule has 3 heterocycles. The molecule has 1 amide bonds. The van der Waals surface area contributed by atoms with Crippen molar-refractivity contribution in [3.8, 4) is 22.8 Å². The molecule has 0 saturated heterocycles. The molecular weight excluding hydrogens is 435 g/mol. The number of aromatic nitrogens is 5. The Kier molecular flexibility index (Phi) is 5.00. The van der Waals surface area contributed by atoms with Gasteiger partial charge in [-0.3, -0.25) is 4.79 Å². The highest BCUT2D eigenvalue weighted by molar-refractivity contribution is 6.30. The molecule has 0 spiro atoms. The molecule has 0 fully saturated rings. The summed E-state index contributed by atoms with van der Waals surface area (Å²) in [7, 11) is 0. The molecule has 0 aliphatic carbocycles. The van der Waals surface area contributed by atoms with Gasteiger partial charge in [0.15, 0.2) is 17.3 Å². The third kappa shape index (κ3) is 3.77. The molecule has 0 aliphatic heterocycles. The van der Waals surface area contributed by atoms with Crippen molar-refractivity contribution in [1.29, 1.82) is 0 Å². The van der Waals surface area contributed by atoms with Crippen LogP contribution in [0.3, 0.4) is 0 Å². The molecule has 3 aromatic heterocycles. The first-order valence-corrected chi connectivity index (χ1v) is 9.82. The molecule has 0 aliphatic rings. The van der Waals surface area contributed by atoms with Crippen LogP contribution in [0.25, 0.3) is 22.8 Å². The highest BCUT2D eigenvalue weighted by Gasteiger charge is 2.19. The molecule has 5 aromatic rings. The lowest BCUT2D eigenvalue weighted by molar-refractivity contribution is 0.102. The Morgan fingerprint density at radius 3 is 2.72 bits per heavy atom. The number of carbonyl (C=O) groups excluding carboxylic acids is 1. The van der Waals surface area contributed by atoms with E-state index >= 15 is 0 Å². The highest BCUT2D eigenvalue weighted by atomic mass is 35.5. The average molecular weight is 449 g/mol. The van der Waals surface area contributed by atoms with Crippen molar-refractivity contribution in [1.82, 2.24) is 24.5 Å². The fraction of sp³-hybridized carbons (Fsp3) is 0. The molecule has 32 heavy (non-hydrogen) atoms. The van der Waals surface area contributed by atoms with E-state index in [1.54, 1.807) is 47.1 Å². The quantitative estimate of drug-likeness (QED) is 0.418. The normalized spacial score (nSPS) is 10.9. The number of anilines is 1. The number of nitrogens with one attached hydrogen (secondary N) is 1. The summed E-state index contributed by atoms with van der Waals surface area (Å²) in [5.41, 5.74) is 1.83. The van der Waals surface area contributed by atoms with Crippen LogP contribution in [-0.2, 0) is 0 Å². The zero-order valence-electron chi connectivity index (χ0n) is 16.3. The van der Waals surface area contributed by atoms with Crippen molar-refractivity contribution in [3.63, 3.8) is 0 Å². The summed E-state index contributed by atoms with van der Waals surface area (Å²) >= 11 is 6.12. The summed E-state index contributed by atoms with van der Waals surface area (Å²) in [5, 5.41) is 11.5. The Morgan fingerprint density at radius 2 is 2.00 bits per heavy atom. The van der Waals surface area contributed by atoms with Gasteiger partial charge in [0, 0.05) is 16.8 Å². The number of nitrogens with zero attached hydrogens (tertiary/aromatic N) is 5. The van der Waals surface area contributed by atoms with Gasteiger partial charge in [0.1, 0.15) is 24.0 Å². The molecule has 1 N–H and O–H groups in total. The highest BCUT2D eigenvalue weighted by Crippen LogP contribution is 2.26. The zero-order valence-corrected chi connectivity index (χ0v) is 17.1. The van der Waals surface area contributed by atoms with Crippen LogP contribution in [0.5, 0.6) is 0 Å². The van der Waals surface area contributed by atoms with Crippen molar-refractivity contribution in [3.05, 3.63) is 96.1 Å². The summed E-state index contributed by atoms with van der Waals surface area (Å²) in [4.78, 5) is 16.7. The number of halogens is 2. The van der Waals surface area contributed by atoms with E-state index in [2.05, 4.69) is 20.5 Å². The second-order valence-corrected chi connectivity index (χ2v) is 7.18. The molecule has 0 radical (unpaired) electrons. The molecule has 0 unspecified atom stereocenters. The number of furan rings is 1. The largest absolute Gasteiger partial charge is 0.463 e. The van der Waals surface area contributed by atoms with Crippen LogP contribution in [0.4, 0.5) is 10.1 Å².